The maximum absolute atomic E-state index is 12.8. The molecule has 7 N–H and O–H groups in total. The summed E-state index contributed by atoms with van der Waals surface area (Å²) >= 11 is 0. The lowest BCUT2D eigenvalue weighted by atomic mass is 9.99. The summed E-state index contributed by atoms with van der Waals surface area (Å²) in [5, 5.41) is 29.7. The molecule has 0 fully saturated rings. The number of carboxylic acid groups (broad SMARTS) is 3. The summed E-state index contributed by atoms with van der Waals surface area (Å²) in [6, 6.07) is 7.60. The normalized spacial score (nSPS) is 12.1. The first kappa shape index (κ1) is 25.8. The monoisotopic (exact) mass is 522 g/mol. The van der Waals surface area contributed by atoms with Crippen molar-refractivity contribution >= 4 is 51.8 Å². The average molecular weight is 522 g/mol. The van der Waals surface area contributed by atoms with Crippen molar-refractivity contribution in [1.82, 2.24) is 24.8 Å². The molecule has 0 bridgehead atoms. The van der Waals surface area contributed by atoms with Crippen LogP contribution in [0.4, 0.5) is 0 Å². The Labute approximate surface area is 213 Å². The van der Waals surface area contributed by atoms with Crippen LogP contribution in [-0.4, -0.2) is 70.6 Å². The highest BCUT2D eigenvalue weighted by molar-refractivity contribution is 6.00. The molecule has 2 amide bonds. The Balaban J connectivity index is 1.56. The van der Waals surface area contributed by atoms with E-state index >= 15 is 0 Å². The molecule has 0 aliphatic heterocycles. The van der Waals surface area contributed by atoms with Crippen molar-refractivity contribution in [3.05, 3.63) is 59.2 Å². The summed E-state index contributed by atoms with van der Waals surface area (Å²) in [5.41, 5.74) is 8.13. The Bertz CT molecular complexity index is 1610. The molecule has 38 heavy (non-hydrogen) atoms. The SMILES string of the molecule is Cn1c(Cc2nc3ccc(C(N)=O)cc3[nH]2)nc2ccc(C(=O)NC(CC(C(=O)O)C(=O)O)C(=O)O)cc21. The zero-order valence-electron chi connectivity index (χ0n) is 19.8. The number of nitrogens with two attached hydrogens (primary N) is 1. The summed E-state index contributed by atoms with van der Waals surface area (Å²) < 4.78 is 1.73. The summed E-state index contributed by atoms with van der Waals surface area (Å²) in [4.78, 5) is 70.2. The lowest BCUT2D eigenvalue weighted by molar-refractivity contribution is -0.155. The van der Waals surface area contributed by atoms with Gasteiger partial charge >= 0.3 is 17.9 Å². The van der Waals surface area contributed by atoms with Crippen LogP contribution >= 0.6 is 0 Å². The zero-order valence-corrected chi connectivity index (χ0v) is 19.8. The number of nitrogens with one attached hydrogen (secondary N) is 2. The number of hydrogen-bond acceptors (Lipinski definition) is 7. The number of amides is 2. The number of aliphatic carboxylic acids is 3. The number of primary amides is 1. The highest BCUT2D eigenvalue weighted by Crippen LogP contribution is 2.21. The lowest BCUT2D eigenvalue weighted by Gasteiger charge is -2.17. The number of H-pyrrole nitrogens is 1. The topological polar surface area (TPSA) is 231 Å². The third-order valence-electron chi connectivity index (χ3n) is 6.05. The smallest absolute Gasteiger partial charge is 0.326 e. The number of benzene rings is 2. The lowest BCUT2D eigenvalue weighted by Crippen LogP contribution is -2.44. The molecule has 1 atom stereocenters. The molecule has 196 valence electrons. The number of nitrogens with zero attached hydrogens (tertiary/aromatic N) is 3. The molecule has 0 aliphatic carbocycles. The van der Waals surface area contributed by atoms with Crippen molar-refractivity contribution in [3.63, 3.8) is 0 Å². The van der Waals surface area contributed by atoms with Gasteiger partial charge in [0.15, 0.2) is 5.92 Å². The molecule has 1 unspecified atom stereocenters. The number of imidazole rings is 2. The van der Waals surface area contributed by atoms with E-state index in [1.807, 2.05) is 0 Å². The van der Waals surface area contributed by atoms with Gasteiger partial charge in [-0.3, -0.25) is 19.2 Å². The van der Waals surface area contributed by atoms with E-state index in [0.29, 0.717) is 45.7 Å². The number of aromatic amines is 1. The molecule has 0 radical (unpaired) electrons. The van der Waals surface area contributed by atoms with E-state index in [-0.39, 0.29) is 5.56 Å². The molecule has 2 aromatic carbocycles. The maximum Gasteiger partial charge on any atom is 0.326 e. The number of carbonyl (C=O) groups is 5. The van der Waals surface area contributed by atoms with E-state index in [4.69, 9.17) is 15.9 Å². The van der Waals surface area contributed by atoms with Gasteiger partial charge in [0.05, 0.1) is 28.5 Å². The van der Waals surface area contributed by atoms with Crippen molar-refractivity contribution in [2.45, 2.75) is 18.9 Å². The number of carboxylic acids is 3. The van der Waals surface area contributed by atoms with Crippen molar-refractivity contribution in [1.29, 1.82) is 0 Å². The van der Waals surface area contributed by atoms with Crippen LogP contribution in [0.15, 0.2) is 36.4 Å². The Kier molecular flexibility index (Phi) is 6.79. The minimum absolute atomic E-state index is 0.0724. The highest BCUT2D eigenvalue weighted by Gasteiger charge is 2.33. The molecule has 4 rings (SSSR count). The molecule has 0 aliphatic rings. The molecule has 0 spiro atoms. The van der Waals surface area contributed by atoms with Crippen LogP contribution < -0.4 is 11.1 Å². The predicted octanol–water partition coefficient (Wildman–Crippen LogP) is 0.498. The van der Waals surface area contributed by atoms with Gasteiger partial charge in [0.2, 0.25) is 5.91 Å². The number of hydrogen-bond donors (Lipinski definition) is 6. The third-order valence-corrected chi connectivity index (χ3v) is 6.05. The van der Waals surface area contributed by atoms with E-state index < -0.39 is 48.1 Å². The van der Waals surface area contributed by atoms with Crippen molar-refractivity contribution in [2.75, 3.05) is 0 Å². The van der Waals surface area contributed by atoms with Crippen molar-refractivity contribution in [3.8, 4) is 0 Å². The third kappa shape index (κ3) is 5.13. The largest absolute Gasteiger partial charge is 0.481 e. The van der Waals surface area contributed by atoms with Gasteiger partial charge in [-0.1, -0.05) is 0 Å². The van der Waals surface area contributed by atoms with Gasteiger partial charge in [-0.05, 0) is 36.4 Å². The van der Waals surface area contributed by atoms with E-state index in [2.05, 4.69) is 20.3 Å². The van der Waals surface area contributed by atoms with Gasteiger partial charge in [-0.25, -0.2) is 14.8 Å². The molecule has 14 heteroatoms. The summed E-state index contributed by atoms with van der Waals surface area (Å²) in [6.45, 7) is 0. The number of rotatable bonds is 10. The zero-order chi connectivity index (χ0) is 27.7. The molecular weight excluding hydrogens is 500 g/mol. The van der Waals surface area contributed by atoms with E-state index in [1.54, 1.807) is 35.9 Å². The minimum Gasteiger partial charge on any atom is -0.481 e. The van der Waals surface area contributed by atoms with Crippen LogP contribution in [-0.2, 0) is 27.9 Å². The second-order valence-electron chi connectivity index (χ2n) is 8.58. The van der Waals surface area contributed by atoms with E-state index in [1.165, 1.54) is 12.1 Å². The Morgan fingerprint density at radius 3 is 2.24 bits per heavy atom. The summed E-state index contributed by atoms with van der Waals surface area (Å²) in [6.07, 6.45) is -0.539. The van der Waals surface area contributed by atoms with Crippen molar-refractivity contribution < 1.29 is 39.3 Å². The van der Waals surface area contributed by atoms with Gasteiger partial charge < -0.3 is 35.9 Å². The molecule has 14 nitrogen and oxygen atoms in total. The highest BCUT2D eigenvalue weighted by atomic mass is 16.4. The Morgan fingerprint density at radius 2 is 1.61 bits per heavy atom. The van der Waals surface area contributed by atoms with E-state index in [9.17, 15) is 29.1 Å². The van der Waals surface area contributed by atoms with Crippen LogP contribution in [0.2, 0.25) is 0 Å². The number of aryl methyl sites for hydroxylation is 1. The van der Waals surface area contributed by atoms with Gasteiger partial charge in [0, 0.05) is 24.6 Å². The fourth-order valence-electron chi connectivity index (χ4n) is 3.99. The first-order valence-corrected chi connectivity index (χ1v) is 11.2. The van der Waals surface area contributed by atoms with Gasteiger partial charge in [0.1, 0.15) is 17.7 Å². The van der Waals surface area contributed by atoms with Crippen LogP contribution in [0.5, 0.6) is 0 Å². The first-order valence-electron chi connectivity index (χ1n) is 11.2. The molecule has 4 aromatic rings. The van der Waals surface area contributed by atoms with Crippen LogP contribution in [0.1, 0.15) is 38.8 Å². The maximum atomic E-state index is 12.8. The molecule has 0 saturated carbocycles. The second-order valence-corrected chi connectivity index (χ2v) is 8.58. The summed E-state index contributed by atoms with van der Waals surface area (Å²) in [5.74, 6) is -7.19. The summed E-state index contributed by atoms with van der Waals surface area (Å²) in [7, 11) is 1.73. The minimum atomic E-state index is -2.00. The Morgan fingerprint density at radius 1 is 0.947 bits per heavy atom. The van der Waals surface area contributed by atoms with Crippen LogP contribution in [0, 0.1) is 5.92 Å². The fraction of sp³-hybridized carbons (Fsp3) is 0.208. The quantitative estimate of drug-likeness (QED) is 0.158. The van der Waals surface area contributed by atoms with Gasteiger partial charge in [-0.15, -0.1) is 0 Å². The number of carbonyl (C=O) groups excluding carboxylic acids is 2. The second kappa shape index (κ2) is 10.0. The predicted molar refractivity (Wildman–Crippen MR) is 130 cm³/mol. The molecule has 2 heterocycles. The van der Waals surface area contributed by atoms with Gasteiger partial charge in [0.25, 0.3) is 5.91 Å². The average Bonchev–Trinajstić information content (AvgIpc) is 3.40. The molecule has 0 saturated heterocycles. The molecule has 2 aromatic heterocycles. The molecular formula is C24H22N6O8. The van der Waals surface area contributed by atoms with Crippen LogP contribution in [0.3, 0.4) is 0 Å². The fourth-order valence-corrected chi connectivity index (χ4v) is 3.99. The number of fused-ring (bicyclic) bond motifs is 2. The van der Waals surface area contributed by atoms with Crippen LogP contribution in [0.25, 0.3) is 22.1 Å². The van der Waals surface area contributed by atoms with Gasteiger partial charge in [-0.2, -0.15) is 0 Å². The number of aromatic nitrogens is 4. The van der Waals surface area contributed by atoms with Crippen molar-refractivity contribution in [2.24, 2.45) is 18.7 Å². The Hall–Kier alpha value is -5.27. The van der Waals surface area contributed by atoms with E-state index in [0.717, 1.165) is 0 Å². The first-order chi connectivity index (χ1) is 17.9. The standard InChI is InChI=1S/C24H22N6O8/c1-30-17-7-11(21(32)29-16(24(37)38)8-12(22(33)34)23(35)36)3-5-14(17)28-19(30)9-18-26-13-4-2-10(20(25)31)6-15(13)27-18/h2-7,12,16H,8-9H2,1H3,(H2,25,31)(H,26,27)(H,29,32)(H,33,34)(H,35,36)(H,37,38).